The van der Waals surface area contributed by atoms with Crippen molar-refractivity contribution in [1.82, 2.24) is 9.46 Å². The van der Waals surface area contributed by atoms with Crippen molar-refractivity contribution in [2.45, 2.75) is 63.6 Å². The van der Waals surface area contributed by atoms with Crippen LogP contribution in [0, 0.1) is 6.92 Å². The van der Waals surface area contributed by atoms with Crippen LogP contribution >= 0.6 is 0 Å². The van der Waals surface area contributed by atoms with Gasteiger partial charge in [0.05, 0.1) is 10.6 Å². The molecule has 0 aliphatic carbocycles. The molecule has 0 fully saturated rings. The van der Waals surface area contributed by atoms with Crippen molar-refractivity contribution in [3.05, 3.63) is 41.3 Å². The molecule has 0 unspecified atom stereocenters. The summed E-state index contributed by atoms with van der Waals surface area (Å²) in [7, 11) is -6.07. The van der Waals surface area contributed by atoms with E-state index in [1.54, 1.807) is 32.9 Å². The van der Waals surface area contributed by atoms with Gasteiger partial charge in [-0.1, -0.05) is 32.0 Å². The van der Waals surface area contributed by atoms with E-state index in [-0.39, 0.29) is 33.5 Å². The van der Waals surface area contributed by atoms with E-state index >= 15 is 0 Å². The highest BCUT2D eigenvalue weighted by atomic mass is 32.2. The number of hydrogen-bond acceptors (Lipinski definition) is 6. The Morgan fingerprint density at radius 1 is 1.14 bits per heavy atom. The molecule has 0 aliphatic rings. The van der Waals surface area contributed by atoms with Gasteiger partial charge in [-0.25, -0.2) is 16.8 Å². The standard InChI is InChI=1S/C19H29N3O5S2/c1-13(2)22(7)29(25,26)16-9-8-14(3)17(11-16)21-28(23,24)12-15-10-18(27-20-15)19(4,5)6/h8-11,13,21H,12H2,1-7H3. The first-order chi connectivity index (χ1) is 13.1. The molecule has 0 saturated heterocycles. The average molecular weight is 444 g/mol. The molecular weight excluding hydrogens is 414 g/mol. The third-order valence-electron chi connectivity index (χ3n) is 4.51. The minimum absolute atomic E-state index is 0.0217. The summed E-state index contributed by atoms with van der Waals surface area (Å²) in [5, 5.41) is 3.83. The topological polar surface area (TPSA) is 110 Å². The number of aryl methyl sites for hydroxylation is 1. The molecule has 0 amide bonds. The first-order valence-electron chi connectivity index (χ1n) is 9.19. The van der Waals surface area contributed by atoms with Gasteiger partial charge in [0.2, 0.25) is 20.0 Å². The molecule has 1 N–H and O–H groups in total. The van der Waals surface area contributed by atoms with Gasteiger partial charge >= 0.3 is 0 Å². The van der Waals surface area contributed by atoms with Crippen molar-refractivity contribution < 1.29 is 21.4 Å². The predicted molar refractivity (Wildman–Crippen MR) is 113 cm³/mol. The third-order valence-corrected chi connectivity index (χ3v) is 7.75. The second-order valence-electron chi connectivity index (χ2n) is 8.39. The Morgan fingerprint density at radius 2 is 1.76 bits per heavy atom. The zero-order valence-electron chi connectivity index (χ0n) is 17.8. The number of anilines is 1. The zero-order valence-corrected chi connectivity index (χ0v) is 19.5. The van der Waals surface area contributed by atoms with Gasteiger partial charge in [-0.15, -0.1) is 0 Å². The number of nitrogens with one attached hydrogen (secondary N) is 1. The molecule has 8 nitrogen and oxygen atoms in total. The summed E-state index contributed by atoms with van der Waals surface area (Å²) in [6.07, 6.45) is 0. The van der Waals surface area contributed by atoms with Crippen molar-refractivity contribution in [3.8, 4) is 0 Å². The molecule has 0 aliphatic heterocycles. The van der Waals surface area contributed by atoms with Crippen LogP contribution in [-0.4, -0.2) is 39.4 Å². The summed E-state index contributed by atoms with van der Waals surface area (Å²) >= 11 is 0. The van der Waals surface area contributed by atoms with Crippen LogP contribution < -0.4 is 4.72 Å². The maximum atomic E-state index is 12.7. The van der Waals surface area contributed by atoms with Crippen molar-refractivity contribution in [3.63, 3.8) is 0 Å². The Bertz CT molecular complexity index is 1080. The van der Waals surface area contributed by atoms with Crippen LogP contribution in [0.15, 0.2) is 33.7 Å². The number of sulfonamides is 2. The van der Waals surface area contributed by atoms with Gasteiger partial charge in [-0.2, -0.15) is 4.31 Å². The summed E-state index contributed by atoms with van der Waals surface area (Å²) in [6.45, 7) is 11.0. The number of hydrogen-bond donors (Lipinski definition) is 1. The molecule has 2 rings (SSSR count). The van der Waals surface area contributed by atoms with E-state index in [1.165, 1.54) is 23.5 Å². The summed E-state index contributed by atoms with van der Waals surface area (Å²) in [6, 6.07) is 5.77. The number of benzene rings is 1. The summed E-state index contributed by atoms with van der Waals surface area (Å²) in [5.74, 6) is 0.207. The molecule has 29 heavy (non-hydrogen) atoms. The lowest BCUT2D eigenvalue weighted by atomic mass is 9.93. The van der Waals surface area contributed by atoms with Gasteiger partial charge in [0, 0.05) is 24.6 Å². The molecule has 0 atom stereocenters. The Morgan fingerprint density at radius 3 is 2.28 bits per heavy atom. The highest BCUT2D eigenvalue weighted by Crippen LogP contribution is 2.26. The van der Waals surface area contributed by atoms with Crippen LogP contribution in [-0.2, 0) is 31.2 Å². The fourth-order valence-corrected chi connectivity index (χ4v) is 4.99. The van der Waals surface area contributed by atoms with Gasteiger partial charge < -0.3 is 4.52 Å². The van der Waals surface area contributed by atoms with Crippen LogP contribution in [0.2, 0.25) is 0 Å². The van der Waals surface area contributed by atoms with Crippen LogP contribution in [0.4, 0.5) is 5.69 Å². The number of rotatable bonds is 7. The van der Waals surface area contributed by atoms with Crippen molar-refractivity contribution >= 4 is 25.7 Å². The zero-order chi connectivity index (χ0) is 22.2. The number of aromatic nitrogens is 1. The molecule has 1 heterocycles. The third kappa shape index (κ3) is 5.58. The SMILES string of the molecule is Cc1ccc(S(=O)(=O)N(C)C(C)C)cc1NS(=O)(=O)Cc1cc(C(C)(C)C)on1. The fraction of sp³-hybridized carbons (Fsp3) is 0.526. The maximum absolute atomic E-state index is 12.7. The Balaban J connectivity index is 2.30. The minimum Gasteiger partial charge on any atom is -0.361 e. The minimum atomic E-state index is -3.82. The second kappa shape index (κ2) is 8.08. The quantitative estimate of drug-likeness (QED) is 0.703. The van der Waals surface area contributed by atoms with Gasteiger partial charge in [-0.05, 0) is 38.5 Å². The van der Waals surface area contributed by atoms with Crippen LogP contribution in [0.5, 0.6) is 0 Å². The summed E-state index contributed by atoms with van der Waals surface area (Å²) in [5.41, 5.74) is 0.811. The van der Waals surface area contributed by atoms with E-state index < -0.39 is 20.0 Å². The largest absolute Gasteiger partial charge is 0.361 e. The molecular formula is C19H29N3O5S2. The Labute approximate surface area is 173 Å². The highest BCUT2D eigenvalue weighted by Gasteiger charge is 2.25. The van der Waals surface area contributed by atoms with E-state index in [0.717, 1.165) is 0 Å². The van der Waals surface area contributed by atoms with Crippen LogP contribution in [0.25, 0.3) is 0 Å². The lowest BCUT2D eigenvalue weighted by Gasteiger charge is -2.21. The lowest BCUT2D eigenvalue weighted by molar-refractivity contribution is 0.327. The average Bonchev–Trinajstić information content (AvgIpc) is 3.03. The predicted octanol–water partition coefficient (Wildman–Crippen LogP) is 3.25. The Kier molecular flexibility index (Phi) is 6.51. The second-order valence-corrected chi connectivity index (χ2v) is 12.1. The smallest absolute Gasteiger partial charge is 0.243 e. The van der Waals surface area contributed by atoms with Crippen molar-refractivity contribution in [2.24, 2.45) is 0 Å². The molecule has 1 aromatic heterocycles. The normalized spacial score (nSPS) is 13.3. The molecule has 0 bridgehead atoms. The van der Waals surface area contributed by atoms with Crippen molar-refractivity contribution in [1.29, 1.82) is 0 Å². The molecule has 2 aromatic rings. The fourth-order valence-electron chi connectivity index (χ4n) is 2.45. The Hall–Kier alpha value is -1.91. The monoisotopic (exact) mass is 443 g/mol. The van der Waals surface area contributed by atoms with Gasteiger partial charge in [0.1, 0.15) is 17.2 Å². The van der Waals surface area contributed by atoms with Crippen molar-refractivity contribution in [2.75, 3.05) is 11.8 Å². The molecule has 162 valence electrons. The van der Waals surface area contributed by atoms with E-state index in [0.29, 0.717) is 11.3 Å². The first-order valence-corrected chi connectivity index (χ1v) is 12.3. The van der Waals surface area contributed by atoms with E-state index in [9.17, 15) is 16.8 Å². The molecule has 1 aromatic carbocycles. The molecule has 0 saturated carbocycles. The van der Waals surface area contributed by atoms with Gasteiger partial charge in [0.25, 0.3) is 0 Å². The highest BCUT2D eigenvalue weighted by molar-refractivity contribution is 7.92. The molecule has 0 radical (unpaired) electrons. The van der Waals surface area contributed by atoms with E-state index in [1.807, 2.05) is 20.8 Å². The number of nitrogens with zero attached hydrogens (tertiary/aromatic N) is 2. The summed E-state index contributed by atoms with van der Waals surface area (Å²) < 4.78 is 59.6. The first kappa shape index (κ1) is 23.4. The van der Waals surface area contributed by atoms with Crippen LogP contribution in [0.1, 0.15) is 51.6 Å². The van der Waals surface area contributed by atoms with E-state index in [2.05, 4.69) is 9.88 Å². The maximum Gasteiger partial charge on any atom is 0.243 e. The lowest BCUT2D eigenvalue weighted by Crippen LogP contribution is -2.33. The molecule has 10 heteroatoms. The van der Waals surface area contributed by atoms with Gasteiger partial charge in [-0.3, -0.25) is 4.72 Å². The van der Waals surface area contributed by atoms with E-state index in [4.69, 9.17) is 4.52 Å². The van der Waals surface area contributed by atoms with Gasteiger partial charge in [0.15, 0.2) is 0 Å². The molecule has 0 spiro atoms. The summed E-state index contributed by atoms with van der Waals surface area (Å²) in [4.78, 5) is 0.0217. The van der Waals surface area contributed by atoms with Crippen LogP contribution in [0.3, 0.4) is 0 Å².